The van der Waals surface area contributed by atoms with Crippen LogP contribution in [0.25, 0.3) is 15.9 Å². The van der Waals surface area contributed by atoms with E-state index in [1.165, 1.54) is 28.6 Å². The molecule has 0 bridgehead atoms. The van der Waals surface area contributed by atoms with Gasteiger partial charge in [0.1, 0.15) is 4.83 Å². The van der Waals surface area contributed by atoms with E-state index in [0.29, 0.717) is 5.16 Å². The monoisotopic (exact) mass is 455 g/mol. The third kappa shape index (κ3) is 4.58. The van der Waals surface area contributed by atoms with Crippen molar-refractivity contribution in [2.24, 2.45) is 0 Å². The lowest BCUT2D eigenvalue weighted by molar-refractivity contribution is -0.128. The van der Waals surface area contributed by atoms with E-state index in [-0.39, 0.29) is 17.2 Å². The van der Waals surface area contributed by atoms with Gasteiger partial charge in [0.25, 0.3) is 5.56 Å². The minimum atomic E-state index is -0.00970. The van der Waals surface area contributed by atoms with Gasteiger partial charge in [-0.1, -0.05) is 43.8 Å². The molecule has 0 radical (unpaired) electrons. The summed E-state index contributed by atoms with van der Waals surface area (Å²) in [7, 11) is 0. The fourth-order valence-corrected chi connectivity index (χ4v) is 6.42. The average Bonchev–Trinajstić information content (AvgIpc) is 3.16. The standard InChI is InChI=1S/C24H29N3O2S2/c1-3-14-26(15-4-2)20(28)16-30-24-25-22-21(18-12-8-9-13-19(18)31-22)23(29)27(24)17-10-6-5-7-11-17/h5-7,10-11H,3-4,8-9,12-16H2,1-2H3. The maximum atomic E-state index is 13.7. The fourth-order valence-electron chi connectivity index (χ4n) is 4.21. The van der Waals surface area contributed by atoms with E-state index in [9.17, 15) is 9.59 Å². The summed E-state index contributed by atoms with van der Waals surface area (Å²) in [5.41, 5.74) is 1.98. The molecule has 4 rings (SSSR count). The van der Waals surface area contributed by atoms with Crippen molar-refractivity contribution in [3.05, 3.63) is 51.1 Å². The number of fused-ring (bicyclic) bond motifs is 3. The normalized spacial score (nSPS) is 13.4. The first-order valence-electron chi connectivity index (χ1n) is 11.2. The number of aromatic nitrogens is 2. The number of carbonyl (C=O) groups excluding carboxylic acids is 1. The van der Waals surface area contributed by atoms with Gasteiger partial charge in [0.15, 0.2) is 5.16 Å². The fraction of sp³-hybridized carbons (Fsp3) is 0.458. The second-order valence-corrected chi connectivity index (χ2v) is 9.96. The van der Waals surface area contributed by atoms with Crippen LogP contribution in [0, 0.1) is 0 Å². The summed E-state index contributed by atoms with van der Waals surface area (Å²) < 4.78 is 1.70. The number of amides is 1. The summed E-state index contributed by atoms with van der Waals surface area (Å²) >= 11 is 3.03. The highest BCUT2D eigenvalue weighted by Gasteiger charge is 2.23. The molecule has 0 spiro atoms. The molecular formula is C24H29N3O2S2. The predicted octanol–water partition coefficient (Wildman–Crippen LogP) is 5.07. The number of nitrogens with zero attached hydrogens (tertiary/aromatic N) is 3. The highest BCUT2D eigenvalue weighted by molar-refractivity contribution is 7.99. The van der Waals surface area contributed by atoms with Gasteiger partial charge in [0.05, 0.1) is 16.8 Å². The second kappa shape index (κ2) is 10.0. The molecule has 0 fully saturated rings. The van der Waals surface area contributed by atoms with Crippen molar-refractivity contribution in [2.75, 3.05) is 18.8 Å². The largest absolute Gasteiger partial charge is 0.342 e. The minimum absolute atomic E-state index is 0.00970. The highest BCUT2D eigenvalue weighted by atomic mass is 32.2. The van der Waals surface area contributed by atoms with Gasteiger partial charge in [-0.05, 0) is 56.2 Å². The smallest absolute Gasteiger partial charge is 0.267 e. The first-order valence-corrected chi connectivity index (χ1v) is 13.0. The number of carbonyl (C=O) groups is 1. The van der Waals surface area contributed by atoms with Gasteiger partial charge in [0.2, 0.25) is 5.91 Å². The number of thiophene rings is 1. The van der Waals surface area contributed by atoms with E-state index < -0.39 is 0 Å². The summed E-state index contributed by atoms with van der Waals surface area (Å²) in [4.78, 5) is 35.5. The van der Waals surface area contributed by atoms with Crippen LogP contribution >= 0.6 is 23.1 Å². The van der Waals surface area contributed by atoms with Gasteiger partial charge in [-0.2, -0.15) is 0 Å². The SMILES string of the molecule is CCCN(CCC)C(=O)CSc1nc2sc3c(c2c(=O)n1-c1ccccc1)CCCC3. The third-order valence-corrected chi connectivity index (χ3v) is 7.75. The number of thioether (sulfide) groups is 1. The summed E-state index contributed by atoms with van der Waals surface area (Å²) in [6.45, 7) is 5.71. The van der Waals surface area contributed by atoms with E-state index in [2.05, 4.69) is 13.8 Å². The molecule has 1 aliphatic rings. The third-order valence-electron chi connectivity index (χ3n) is 5.64. The van der Waals surface area contributed by atoms with Crippen molar-refractivity contribution in [1.82, 2.24) is 14.5 Å². The molecule has 0 saturated carbocycles. The molecule has 0 aliphatic heterocycles. The van der Waals surface area contributed by atoms with Crippen LogP contribution in [-0.2, 0) is 17.6 Å². The Bertz CT molecular complexity index is 1120. The zero-order valence-corrected chi connectivity index (χ0v) is 19.9. The lowest BCUT2D eigenvalue weighted by Gasteiger charge is -2.21. The van der Waals surface area contributed by atoms with E-state index in [0.717, 1.165) is 61.1 Å². The van der Waals surface area contributed by atoms with Crippen molar-refractivity contribution in [2.45, 2.75) is 57.5 Å². The quantitative estimate of drug-likeness (QED) is 0.352. The number of hydrogen-bond donors (Lipinski definition) is 0. The molecular weight excluding hydrogens is 426 g/mol. The van der Waals surface area contributed by atoms with E-state index in [1.54, 1.807) is 15.9 Å². The Labute approximate surface area is 191 Å². The maximum Gasteiger partial charge on any atom is 0.267 e. The van der Waals surface area contributed by atoms with Crippen LogP contribution in [0.15, 0.2) is 40.3 Å². The van der Waals surface area contributed by atoms with Crippen LogP contribution in [0.2, 0.25) is 0 Å². The summed E-state index contributed by atoms with van der Waals surface area (Å²) in [6, 6.07) is 9.66. The Morgan fingerprint density at radius 2 is 1.84 bits per heavy atom. The molecule has 0 unspecified atom stereocenters. The minimum Gasteiger partial charge on any atom is -0.342 e. The molecule has 164 valence electrons. The number of aryl methyl sites for hydroxylation is 2. The lowest BCUT2D eigenvalue weighted by atomic mass is 9.97. The summed E-state index contributed by atoms with van der Waals surface area (Å²) in [5, 5.41) is 1.38. The first kappa shape index (κ1) is 22.1. The van der Waals surface area contributed by atoms with Crippen molar-refractivity contribution in [1.29, 1.82) is 0 Å². The topological polar surface area (TPSA) is 55.2 Å². The zero-order valence-electron chi connectivity index (χ0n) is 18.2. The van der Waals surface area contributed by atoms with Crippen molar-refractivity contribution in [3.63, 3.8) is 0 Å². The Morgan fingerprint density at radius 3 is 2.55 bits per heavy atom. The number of para-hydroxylation sites is 1. The van der Waals surface area contributed by atoms with Gasteiger partial charge in [-0.15, -0.1) is 11.3 Å². The predicted molar refractivity (Wildman–Crippen MR) is 130 cm³/mol. The van der Waals surface area contributed by atoms with Crippen molar-refractivity contribution >= 4 is 39.2 Å². The molecule has 7 heteroatoms. The highest BCUT2D eigenvalue weighted by Crippen LogP contribution is 2.35. The van der Waals surface area contributed by atoms with Crippen LogP contribution in [0.4, 0.5) is 0 Å². The average molecular weight is 456 g/mol. The first-order chi connectivity index (χ1) is 15.1. The van der Waals surface area contributed by atoms with Gasteiger partial charge in [-0.3, -0.25) is 14.2 Å². The Morgan fingerprint density at radius 1 is 1.13 bits per heavy atom. The number of benzene rings is 1. The summed E-state index contributed by atoms with van der Waals surface area (Å²) in [6.07, 6.45) is 6.17. The Kier molecular flexibility index (Phi) is 7.13. The van der Waals surface area contributed by atoms with Crippen LogP contribution < -0.4 is 5.56 Å². The van der Waals surface area contributed by atoms with Crippen LogP contribution in [0.1, 0.15) is 50.0 Å². The molecule has 2 aromatic heterocycles. The van der Waals surface area contributed by atoms with E-state index in [1.807, 2.05) is 35.2 Å². The maximum absolute atomic E-state index is 13.7. The van der Waals surface area contributed by atoms with Crippen LogP contribution in [-0.4, -0.2) is 39.2 Å². The van der Waals surface area contributed by atoms with Crippen molar-refractivity contribution in [3.8, 4) is 5.69 Å². The molecule has 5 nitrogen and oxygen atoms in total. The molecule has 1 aromatic carbocycles. The zero-order chi connectivity index (χ0) is 21.8. The van der Waals surface area contributed by atoms with Gasteiger partial charge in [-0.25, -0.2) is 4.98 Å². The van der Waals surface area contributed by atoms with Gasteiger partial charge < -0.3 is 4.90 Å². The van der Waals surface area contributed by atoms with Crippen molar-refractivity contribution < 1.29 is 4.79 Å². The van der Waals surface area contributed by atoms with E-state index >= 15 is 0 Å². The molecule has 1 aliphatic carbocycles. The van der Waals surface area contributed by atoms with Crippen LogP contribution in [0.5, 0.6) is 0 Å². The molecule has 0 saturated heterocycles. The lowest BCUT2D eigenvalue weighted by Crippen LogP contribution is -2.34. The Hall–Kier alpha value is -2.12. The second-order valence-electron chi connectivity index (χ2n) is 7.93. The molecule has 1 amide bonds. The van der Waals surface area contributed by atoms with E-state index in [4.69, 9.17) is 4.98 Å². The molecule has 0 N–H and O–H groups in total. The number of rotatable bonds is 8. The summed E-state index contributed by atoms with van der Waals surface area (Å²) in [5.74, 6) is 0.392. The molecule has 0 atom stereocenters. The van der Waals surface area contributed by atoms with Gasteiger partial charge >= 0.3 is 0 Å². The Balaban J connectivity index is 1.75. The number of hydrogen-bond acceptors (Lipinski definition) is 5. The molecule has 31 heavy (non-hydrogen) atoms. The van der Waals surface area contributed by atoms with Gasteiger partial charge in [0, 0.05) is 18.0 Å². The molecule has 2 heterocycles. The molecule has 3 aromatic rings. The van der Waals surface area contributed by atoms with Crippen LogP contribution in [0.3, 0.4) is 0 Å².